The van der Waals surface area contributed by atoms with Crippen molar-refractivity contribution in [3.05, 3.63) is 35.4 Å². The Labute approximate surface area is 91.2 Å². The number of hydrogen-bond acceptors (Lipinski definition) is 2. The van der Waals surface area contributed by atoms with Crippen molar-refractivity contribution < 1.29 is 5.11 Å². The first-order valence-corrected chi connectivity index (χ1v) is 5.19. The second kappa shape index (κ2) is 4.46. The van der Waals surface area contributed by atoms with E-state index in [2.05, 4.69) is 19.9 Å². The van der Waals surface area contributed by atoms with Gasteiger partial charge in [0.2, 0.25) is 0 Å². The lowest BCUT2D eigenvalue weighted by atomic mass is 9.87. The van der Waals surface area contributed by atoms with Gasteiger partial charge in [0.25, 0.3) is 0 Å². The summed E-state index contributed by atoms with van der Waals surface area (Å²) < 4.78 is 0. The summed E-state index contributed by atoms with van der Waals surface area (Å²) in [4.78, 5) is 0. The molecule has 0 radical (unpaired) electrons. The second-order valence-corrected chi connectivity index (χ2v) is 4.56. The molecule has 0 aliphatic carbocycles. The van der Waals surface area contributed by atoms with E-state index in [9.17, 15) is 5.11 Å². The maximum Gasteiger partial charge on any atom is 0.0991 e. The van der Waals surface area contributed by atoms with E-state index in [1.165, 1.54) is 0 Å². The zero-order valence-electron chi connectivity index (χ0n) is 9.49. The van der Waals surface area contributed by atoms with E-state index in [-0.39, 0.29) is 0 Å². The molecular weight excluding hydrogens is 186 g/mol. The summed E-state index contributed by atoms with van der Waals surface area (Å²) in [7, 11) is 0. The lowest BCUT2D eigenvalue weighted by Gasteiger charge is -2.25. The smallest absolute Gasteiger partial charge is 0.0991 e. The molecule has 2 heteroatoms. The summed E-state index contributed by atoms with van der Waals surface area (Å²) in [5, 5.41) is 18.9. The Morgan fingerprint density at radius 3 is 2.27 bits per heavy atom. The fourth-order valence-electron chi connectivity index (χ4n) is 1.82. The standard InChI is InChI=1S/C13H17NO/c1-10(2)8-13(3,15)12-6-4-11(9-14)5-7-12/h4-7,10,15H,8H2,1-3H3. The molecule has 0 saturated heterocycles. The molecule has 15 heavy (non-hydrogen) atoms. The largest absolute Gasteiger partial charge is 0.385 e. The molecule has 0 spiro atoms. The molecule has 0 aliphatic heterocycles. The van der Waals surface area contributed by atoms with Gasteiger partial charge in [-0.3, -0.25) is 0 Å². The normalized spacial score (nSPS) is 14.7. The van der Waals surface area contributed by atoms with Crippen LogP contribution in [0.3, 0.4) is 0 Å². The van der Waals surface area contributed by atoms with Gasteiger partial charge < -0.3 is 5.11 Å². The van der Waals surface area contributed by atoms with Crippen LogP contribution < -0.4 is 0 Å². The Balaban J connectivity index is 2.91. The van der Waals surface area contributed by atoms with Crippen molar-refractivity contribution in [1.82, 2.24) is 0 Å². The van der Waals surface area contributed by atoms with E-state index in [1.54, 1.807) is 12.1 Å². The van der Waals surface area contributed by atoms with Crippen molar-refractivity contribution in [2.24, 2.45) is 5.92 Å². The predicted molar refractivity (Wildman–Crippen MR) is 60.2 cm³/mol. The first-order chi connectivity index (χ1) is 6.95. The Bertz CT molecular complexity index is 357. The highest BCUT2D eigenvalue weighted by Gasteiger charge is 2.23. The molecule has 1 unspecified atom stereocenters. The minimum Gasteiger partial charge on any atom is -0.385 e. The van der Waals surface area contributed by atoms with E-state index >= 15 is 0 Å². The van der Waals surface area contributed by atoms with Gasteiger partial charge in [-0.1, -0.05) is 26.0 Å². The van der Waals surface area contributed by atoms with Crippen LogP contribution in [0.4, 0.5) is 0 Å². The van der Waals surface area contributed by atoms with E-state index in [0.717, 1.165) is 12.0 Å². The summed E-state index contributed by atoms with van der Waals surface area (Å²) in [5.41, 5.74) is 0.691. The van der Waals surface area contributed by atoms with Crippen LogP contribution in [0.15, 0.2) is 24.3 Å². The van der Waals surface area contributed by atoms with Gasteiger partial charge in [-0.05, 0) is 37.0 Å². The van der Waals surface area contributed by atoms with Crippen molar-refractivity contribution in [2.45, 2.75) is 32.8 Å². The van der Waals surface area contributed by atoms with Crippen LogP contribution in [0, 0.1) is 17.2 Å². The molecule has 2 nitrogen and oxygen atoms in total. The molecule has 0 saturated carbocycles. The third-order valence-electron chi connectivity index (χ3n) is 2.44. The Hall–Kier alpha value is -1.33. The molecule has 0 amide bonds. The molecule has 0 bridgehead atoms. The predicted octanol–water partition coefficient (Wildman–Crippen LogP) is 2.81. The average molecular weight is 203 g/mol. The van der Waals surface area contributed by atoms with Crippen molar-refractivity contribution >= 4 is 0 Å². The monoisotopic (exact) mass is 203 g/mol. The van der Waals surface area contributed by atoms with Gasteiger partial charge in [-0.15, -0.1) is 0 Å². The summed E-state index contributed by atoms with van der Waals surface area (Å²) in [6.45, 7) is 5.98. The fourth-order valence-corrected chi connectivity index (χ4v) is 1.82. The molecule has 0 aromatic heterocycles. The molecule has 1 aromatic carbocycles. The average Bonchev–Trinajstić information content (AvgIpc) is 2.16. The quantitative estimate of drug-likeness (QED) is 0.821. The van der Waals surface area contributed by atoms with Crippen LogP contribution in [0.2, 0.25) is 0 Å². The molecule has 1 aromatic rings. The molecule has 0 fully saturated rings. The Morgan fingerprint density at radius 2 is 1.87 bits per heavy atom. The molecule has 0 aliphatic rings. The lowest BCUT2D eigenvalue weighted by Crippen LogP contribution is -2.23. The van der Waals surface area contributed by atoms with Crippen molar-refractivity contribution in [3.63, 3.8) is 0 Å². The Morgan fingerprint density at radius 1 is 1.33 bits per heavy atom. The summed E-state index contributed by atoms with van der Waals surface area (Å²) in [5.74, 6) is 0.440. The zero-order chi connectivity index (χ0) is 11.5. The zero-order valence-corrected chi connectivity index (χ0v) is 9.49. The van der Waals surface area contributed by atoms with Gasteiger partial charge in [-0.2, -0.15) is 5.26 Å². The van der Waals surface area contributed by atoms with E-state index in [0.29, 0.717) is 11.5 Å². The van der Waals surface area contributed by atoms with Crippen LogP contribution in [-0.4, -0.2) is 5.11 Å². The topological polar surface area (TPSA) is 44.0 Å². The van der Waals surface area contributed by atoms with Gasteiger partial charge in [0.1, 0.15) is 0 Å². The number of hydrogen-bond donors (Lipinski definition) is 1. The van der Waals surface area contributed by atoms with Gasteiger partial charge in [-0.25, -0.2) is 0 Å². The van der Waals surface area contributed by atoms with Crippen molar-refractivity contribution in [3.8, 4) is 6.07 Å². The van der Waals surface area contributed by atoms with E-state index in [4.69, 9.17) is 5.26 Å². The van der Waals surface area contributed by atoms with Gasteiger partial charge >= 0.3 is 0 Å². The van der Waals surface area contributed by atoms with Crippen LogP contribution in [0.5, 0.6) is 0 Å². The van der Waals surface area contributed by atoms with Crippen LogP contribution >= 0.6 is 0 Å². The van der Waals surface area contributed by atoms with E-state index in [1.807, 2.05) is 19.1 Å². The molecule has 1 rings (SSSR count). The van der Waals surface area contributed by atoms with Crippen LogP contribution in [0.1, 0.15) is 38.3 Å². The summed E-state index contributed by atoms with van der Waals surface area (Å²) in [6.07, 6.45) is 0.721. The third-order valence-corrected chi connectivity index (χ3v) is 2.44. The minimum absolute atomic E-state index is 0.440. The van der Waals surface area contributed by atoms with Crippen molar-refractivity contribution in [1.29, 1.82) is 5.26 Å². The maximum atomic E-state index is 10.2. The minimum atomic E-state index is -0.803. The number of aliphatic hydroxyl groups is 1. The first-order valence-electron chi connectivity index (χ1n) is 5.19. The second-order valence-electron chi connectivity index (χ2n) is 4.56. The summed E-state index contributed by atoms with van der Waals surface area (Å²) in [6, 6.07) is 9.19. The van der Waals surface area contributed by atoms with Crippen molar-refractivity contribution in [2.75, 3.05) is 0 Å². The SMILES string of the molecule is CC(C)CC(C)(O)c1ccc(C#N)cc1. The highest BCUT2D eigenvalue weighted by atomic mass is 16.3. The number of nitriles is 1. The number of rotatable bonds is 3. The number of benzene rings is 1. The Kier molecular flexibility index (Phi) is 3.49. The molecule has 0 heterocycles. The van der Waals surface area contributed by atoms with Gasteiger partial charge in [0, 0.05) is 0 Å². The van der Waals surface area contributed by atoms with Gasteiger partial charge in [0.15, 0.2) is 0 Å². The molecule has 80 valence electrons. The first kappa shape index (κ1) is 11.7. The third kappa shape index (κ3) is 3.07. The molecular formula is C13H17NO. The maximum absolute atomic E-state index is 10.2. The van der Waals surface area contributed by atoms with Crippen LogP contribution in [-0.2, 0) is 5.60 Å². The molecule has 1 atom stereocenters. The van der Waals surface area contributed by atoms with E-state index < -0.39 is 5.60 Å². The summed E-state index contributed by atoms with van der Waals surface area (Å²) >= 11 is 0. The highest BCUT2D eigenvalue weighted by molar-refractivity contribution is 5.33. The highest BCUT2D eigenvalue weighted by Crippen LogP contribution is 2.27. The number of nitrogens with zero attached hydrogens (tertiary/aromatic N) is 1. The molecule has 1 N–H and O–H groups in total. The van der Waals surface area contributed by atoms with Gasteiger partial charge in [0.05, 0.1) is 17.2 Å². The van der Waals surface area contributed by atoms with Crippen LogP contribution in [0.25, 0.3) is 0 Å². The lowest BCUT2D eigenvalue weighted by molar-refractivity contribution is 0.0349. The fraction of sp³-hybridized carbons (Fsp3) is 0.462.